The predicted octanol–water partition coefficient (Wildman–Crippen LogP) is 5.29. The van der Waals surface area contributed by atoms with Gasteiger partial charge in [-0.3, -0.25) is 19.3 Å². The molecule has 1 heterocycles. The van der Waals surface area contributed by atoms with E-state index in [-0.39, 0.29) is 51.0 Å². The van der Waals surface area contributed by atoms with E-state index < -0.39 is 0 Å². The molecule has 4 rings (SSSR count). The van der Waals surface area contributed by atoms with Crippen LogP contribution in [0.15, 0.2) is 22.7 Å². The SMILES string of the molecule is CCc1cc(Br)ccc1NC(=O)CCCCCN1C(=O)C2C3CC(C(Br)C3Br)C2C1=O. The number of halogens is 3. The monoisotopic (exact) mass is 616 g/mol. The topological polar surface area (TPSA) is 66.5 Å². The van der Waals surface area contributed by atoms with Crippen LogP contribution in [-0.4, -0.2) is 38.8 Å². The third kappa shape index (κ3) is 4.41. The molecule has 1 saturated heterocycles. The number of unbranched alkanes of at least 4 members (excludes halogenated alkanes) is 2. The number of anilines is 1. The zero-order chi connectivity index (χ0) is 22.3. The molecule has 0 radical (unpaired) electrons. The van der Waals surface area contributed by atoms with Crippen molar-refractivity contribution in [1.82, 2.24) is 4.90 Å². The second-order valence-corrected chi connectivity index (χ2v) is 11.9. The Hall–Kier alpha value is -0.730. The molecule has 1 aromatic rings. The number of hydrogen-bond acceptors (Lipinski definition) is 3. The van der Waals surface area contributed by atoms with Gasteiger partial charge in [-0.15, -0.1) is 0 Å². The van der Waals surface area contributed by atoms with Gasteiger partial charge in [-0.2, -0.15) is 0 Å². The van der Waals surface area contributed by atoms with Gasteiger partial charge in [0.1, 0.15) is 0 Å². The van der Waals surface area contributed by atoms with E-state index in [1.807, 2.05) is 18.2 Å². The third-order valence-corrected chi connectivity index (χ3v) is 10.8. The summed E-state index contributed by atoms with van der Waals surface area (Å²) in [6, 6.07) is 5.87. The number of hydrogen-bond donors (Lipinski definition) is 1. The summed E-state index contributed by atoms with van der Waals surface area (Å²) in [5.41, 5.74) is 1.96. The lowest BCUT2D eigenvalue weighted by atomic mass is 9.81. The fourth-order valence-corrected chi connectivity index (χ4v) is 7.83. The van der Waals surface area contributed by atoms with Crippen LogP contribution < -0.4 is 5.32 Å². The zero-order valence-electron chi connectivity index (χ0n) is 17.5. The first-order valence-electron chi connectivity index (χ1n) is 11.0. The van der Waals surface area contributed by atoms with Crippen LogP contribution in [0, 0.1) is 23.7 Å². The minimum Gasteiger partial charge on any atom is -0.326 e. The Morgan fingerprint density at radius 1 is 1.06 bits per heavy atom. The van der Waals surface area contributed by atoms with Crippen LogP contribution in [0.4, 0.5) is 5.69 Å². The van der Waals surface area contributed by atoms with Gasteiger partial charge in [0.2, 0.25) is 17.7 Å². The van der Waals surface area contributed by atoms with E-state index in [1.165, 1.54) is 4.90 Å². The maximum Gasteiger partial charge on any atom is 0.233 e. The average molecular weight is 619 g/mol. The Morgan fingerprint density at radius 3 is 2.32 bits per heavy atom. The average Bonchev–Trinajstić information content (AvgIpc) is 3.35. The molecule has 8 heteroatoms. The van der Waals surface area contributed by atoms with E-state index in [1.54, 1.807) is 0 Å². The standard InChI is InChI=1S/C23H27Br3N2O3/c1-2-12-10-13(24)7-8-16(12)27-17(29)6-4-3-5-9-28-22(30)18-14-11-15(19(18)23(28)31)21(26)20(14)25/h7-8,10,14-15,18-21H,2-6,9,11H2,1H3,(H,27,29). The molecule has 6 unspecified atom stereocenters. The molecule has 2 saturated carbocycles. The smallest absolute Gasteiger partial charge is 0.233 e. The quantitative estimate of drug-likeness (QED) is 0.245. The number of nitrogens with one attached hydrogen (secondary N) is 1. The molecule has 3 aliphatic rings. The van der Waals surface area contributed by atoms with Crippen molar-refractivity contribution in [3.8, 4) is 0 Å². The van der Waals surface area contributed by atoms with Crippen molar-refractivity contribution in [2.75, 3.05) is 11.9 Å². The van der Waals surface area contributed by atoms with Crippen LogP contribution in [0.1, 0.15) is 44.6 Å². The highest BCUT2D eigenvalue weighted by molar-refractivity contribution is 9.12. The maximum atomic E-state index is 12.9. The number of likely N-dealkylation sites (tertiary alicyclic amines) is 1. The number of carbonyl (C=O) groups excluding carboxylic acids is 3. The highest BCUT2D eigenvalue weighted by Gasteiger charge is 2.66. The predicted molar refractivity (Wildman–Crippen MR) is 131 cm³/mol. The second kappa shape index (κ2) is 9.64. The summed E-state index contributed by atoms with van der Waals surface area (Å²) in [7, 11) is 0. The number of fused-ring (bicyclic) bond motifs is 5. The van der Waals surface area contributed by atoms with Gasteiger partial charge in [-0.1, -0.05) is 61.1 Å². The number of alkyl halides is 2. The molecule has 1 aliphatic heterocycles. The van der Waals surface area contributed by atoms with Crippen LogP contribution in [0.25, 0.3) is 0 Å². The summed E-state index contributed by atoms with van der Waals surface area (Å²) in [5.74, 6) is 0.286. The number of carbonyl (C=O) groups is 3. The number of nitrogens with zero attached hydrogens (tertiary/aromatic N) is 1. The summed E-state index contributed by atoms with van der Waals surface area (Å²) in [6.07, 6.45) is 4.55. The van der Waals surface area contributed by atoms with Crippen molar-refractivity contribution in [2.45, 2.75) is 55.1 Å². The molecule has 5 nitrogen and oxygen atoms in total. The maximum absolute atomic E-state index is 12.9. The lowest BCUT2D eigenvalue weighted by Gasteiger charge is -2.28. The summed E-state index contributed by atoms with van der Waals surface area (Å²) in [4.78, 5) is 40.1. The minimum atomic E-state index is -0.139. The van der Waals surface area contributed by atoms with Crippen molar-refractivity contribution in [3.05, 3.63) is 28.2 Å². The van der Waals surface area contributed by atoms with Gasteiger partial charge in [-0.05, 0) is 61.3 Å². The molecule has 31 heavy (non-hydrogen) atoms. The number of amides is 3. The molecule has 3 fully saturated rings. The molecule has 1 aromatic carbocycles. The molecule has 3 amide bonds. The van der Waals surface area contributed by atoms with Crippen LogP contribution in [0.3, 0.4) is 0 Å². The first kappa shape index (κ1) is 23.4. The molecule has 0 spiro atoms. The first-order chi connectivity index (χ1) is 14.8. The van der Waals surface area contributed by atoms with Gasteiger partial charge in [0, 0.05) is 32.8 Å². The van der Waals surface area contributed by atoms with Crippen molar-refractivity contribution < 1.29 is 14.4 Å². The van der Waals surface area contributed by atoms with Gasteiger partial charge in [0.15, 0.2) is 0 Å². The molecular formula is C23H27Br3N2O3. The van der Waals surface area contributed by atoms with Crippen LogP contribution in [0.5, 0.6) is 0 Å². The van der Waals surface area contributed by atoms with E-state index in [9.17, 15) is 14.4 Å². The van der Waals surface area contributed by atoms with Crippen LogP contribution in [0.2, 0.25) is 0 Å². The molecular weight excluding hydrogens is 592 g/mol. The lowest BCUT2D eigenvalue weighted by Crippen LogP contribution is -2.37. The summed E-state index contributed by atoms with van der Waals surface area (Å²) < 4.78 is 1.00. The Bertz CT molecular complexity index is 861. The number of aryl methyl sites for hydroxylation is 1. The summed E-state index contributed by atoms with van der Waals surface area (Å²) in [6.45, 7) is 2.53. The summed E-state index contributed by atoms with van der Waals surface area (Å²) in [5, 5.41) is 3.00. The first-order valence-corrected chi connectivity index (χ1v) is 13.7. The van der Waals surface area contributed by atoms with E-state index in [0.29, 0.717) is 13.0 Å². The number of imide groups is 1. The fraction of sp³-hybridized carbons (Fsp3) is 0.609. The molecule has 6 atom stereocenters. The fourth-order valence-electron chi connectivity index (χ4n) is 5.55. The highest BCUT2D eigenvalue weighted by atomic mass is 79.9. The Labute approximate surface area is 208 Å². The van der Waals surface area contributed by atoms with Gasteiger partial charge >= 0.3 is 0 Å². The van der Waals surface area contributed by atoms with Gasteiger partial charge in [0.25, 0.3) is 0 Å². The normalized spacial score (nSPS) is 31.4. The third-order valence-electron chi connectivity index (χ3n) is 7.09. The van der Waals surface area contributed by atoms with Gasteiger partial charge < -0.3 is 5.32 Å². The highest BCUT2D eigenvalue weighted by Crippen LogP contribution is 2.60. The Kier molecular flexibility index (Phi) is 7.28. The van der Waals surface area contributed by atoms with E-state index in [2.05, 4.69) is 60.0 Å². The number of rotatable bonds is 8. The van der Waals surface area contributed by atoms with Crippen LogP contribution in [-0.2, 0) is 20.8 Å². The Balaban J connectivity index is 1.22. The van der Waals surface area contributed by atoms with Gasteiger partial charge in [-0.25, -0.2) is 0 Å². The lowest BCUT2D eigenvalue weighted by molar-refractivity contribution is -0.140. The van der Waals surface area contributed by atoms with E-state index >= 15 is 0 Å². The van der Waals surface area contributed by atoms with E-state index in [4.69, 9.17) is 0 Å². The second-order valence-electron chi connectivity index (χ2n) is 8.85. The largest absolute Gasteiger partial charge is 0.326 e. The number of benzene rings is 1. The summed E-state index contributed by atoms with van der Waals surface area (Å²) >= 11 is 10.9. The van der Waals surface area contributed by atoms with Crippen LogP contribution >= 0.6 is 47.8 Å². The zero-order valence-corrected chi connectivity index (χ0v) is 22.2. The Morgan fingerprint density at radius 2 is 1.71 bits per heavy atom. The molecule has 0 aromatic heterocycles. The molecule has 2 aliphatic carbocycles. The molecule has 168 valence electrons. The molecule has 1 N–H and O–H groups in total. The van der Waals surface area contributed by atoms with E-state index in [0.717, 1.165) is 47.8 Å². The van der Waals surface area contributed by atoms with Gasteiger partial charge in [0.05, 0.1) is 11.8 Å². The van der Waals surface area contributed by atoms with Crippen molar-refractivity contribution in [2.24, 2.45) is 23.7 Å². The minimum absolute atomic E-state index is 0.00294. The van der Waals surface area contributed by atoms with Crippen molar-refractivity contribution in [1.29, 1.82) is 0 Å². The van der Waals surface area contributed by atoms with Crippen molar-refractivity contribution in [3.63, 3.8) is 0 Å². The molecule has 2 bridgehead atoms. The van der Waals surface area contributed by atoms with Crippen molar-refractivity contribution >= 4 is 71.2 Å².